The molecule has 0 aliphatic heterocycles. The molecular weight excluding hydrogens is 253 g/mol. The molecule has 5 nitrogen and oxygen atoms in total. The first-order valence-corrected chi connectivity index (χ1v) is 5.84. The predicted octanol–water partition coefficient (Wildman–Crippen LogP) is 1.25. The molecule has 0 aromatic heterocycles. The maximum atomic E-state index is 11.9. The highest BCUT2D eigenvalue weighted by atomic mass is 32.2. The Kier molecular flexibility index (Phi) is 6.23. The predicted molar refractivity (Wildman–Crippen MR) is 48.0 cm³/mol. The zero-order valence-electron chi connectivity index (χ0n) is 8.78. The largest absolute Gasteiger partial charge is 0.523 e. The third-order valence-electron chi connectivity index (χ3n) is 1.35. The lowest BCUT2D eigenvalue weighted by atomic mass is 10.6. The van der Waals surface area contributed by atoms with Crippen molar-refractivity contribution >= 4 is 10.1 Å². The summed E-state index contributed by atoms with van der Waals surface area (Å²) in [5, 5.41) is 0. The number of rotatable bonds is 7. The Hall–Kier alpha value is -0.380. The molecule has 0 heterocycles. The Morgan fingerprint density at radius 3 is 1.88 bits per heavy atom. The van der Waals surface area contributed by atoms with Crippen LogP contribution in [0.15, 0.2) is 0 Å². The van der Waals surface area contributed by atoms with Gasteiger partial charge in [-0.3, -0.25) is 4.18 Å². The van der Waals surface area contributed by atoms with Gasteiger partial charge in [0, 0.05) is 13.2 Å². The Balaban J connectivity index is 4.30. The van der Waals surface area contributed by atoms with Gasteiger partial charge < -0.3 is 9.47 Å². The minimum atomic E-state index is -5.59. The van der Waals surface area contributed by atoms with E-state index >= 15 is 0 Å². The highest BCUT2D eigenvalue weighted by Crippen LogP contribution is 2.24. The Morgan fingerprint density at radius 1 is 1.12 bits per heavy atom. The summed E-state index contributed by atoms with van der Waals surface area (Å²) in [5.74, 6) is 0. The van der Waals surface area contributed by atoms with Gasteiger partial charge in [-0.15, -0.1) is 0 Å². The van der Waals surface area contributed by atoms with Crippen LogP contribution >= 0.6 is 0 Å². The molecule has 0 aliphatic carbocycles. The summed E-state index contributed by atoms with van der Waals surface area (Å²) >= 11 is 0. The van der Waals surface area contributed by atoms with E-state index in [0.717, 1.165) is 0 Å². The number of hydrogen-bond acceptors (Lipinski definition) is 5. The van der Waals surface area contributed by atoms with Crippen LogP contribution in [0.5, 0.6) is 0 Å². The Morgan fingerprint density at radius 2 is 1.56 bits per heavy atom. The van der Waals surface area contributed by atoms with Crippen LogP contribution in [0.25, 0.3) is 0 Å². The molecule has 0 atom stereocenters. The number of halogens is 3. The summed E-state index contributed by atoms with van der Waals surface area (Å²) < 4.78 is 70.0. The average Bonchev–Trinajstić information content (AvgIpc) is 2.13. The first-order chi connectivity index (χ1) is 7.24. The van der Waals surface area contributed by atoms with Crippen LogP contribution in [0, 0.1) is 0 Å². The van der Waals surface area contributed by atoms with Crippen LogP contribution in [0.2, 0.25) is 0 Å². The summed E-state index contributed by atoms with van der Waals surface area (Å²) in [4.78, 5) is 0. The highest BCUT2D eigenvalue weighted by molar-refractivity contribution is 7.87. The van der Waals surface area contributed by atoms with Gasteiger partial charge >= 0.3 is 15.6 Å². The topological polar surface area (TPSA) is 61.8 Å². The molecule has 0 N–H and O–H groups in total. The third-order valence-corrected chi connectivity index (χ3v) is 2.36. The van der Waals surface area contributed by atoms with E-state index < -0.39 is 28.5 Å². The van der Waals surface area contributed by atoms with Crippen molar-refractivity contribution in [2.24, 2.45) is 0 Å². The van der Waals surface area contributed by atoms with Gasteiger partial charge in [0.2, 0.25) is 0 Å². The zero-order chi connectivity index (χ0) is 12.8. The van der Waals surface area contributed by atoms with Crippen LogP contribution in [0.1, 0.15) is 13.8 Å². The quantitative estimate of drug-likeness (QED) is 0.394. The van der Waals surface area contributed by atoms with E-state index in [0.29, 0.717) is 0 Å². The van der Waals surface area contributed by atoms with Crippen molar-refractivity contribution in [3.63, 3.8) is 0 Å². The summed E-state index contributed by atoms with van der Waals surface area (Å²) in [6.07, 6.45) is -1.13. The zero-order valence-corrected chi connectivity index (χ0v) is 9.60. The van der Waals surface area contributed by atoms with Crippen LogP contribution in [-0.4, -0.2) is 40.0 Å². The summed E-state index contributed by atoms with van der Waals surface area (Å²) in [7, 11) is -5.59. The van der Waals surface area contributed by atoms with Crippen molar-refractivity contribution in [3.8, 4) is 0 Å². The van der Waals surface area contributed by atoms with Gasteiger partial charge in [0.05, 0.1) is 0 Å². The monoisotopic (exact) mass is 266 g/mol. The van der Waals surface area contributed by atoms with Crippen LogP contribution in [0.4, 0.5) is 13.2 Å². The molecule has 0 amide bonds. The van der Waals surface area contributed by atoms with Crippen LogP contribution in [0.3, 0.4) is 0 Å². The smallest absolute Gasteiger partial charge is 0.350 e. The molecule has 0 bridgehead atoms. The Labute approximate surface area is 91.6 Å². The van der Waals surface area contributed by atoms with Gasteiger partial charge in [-0.2, -0.15) is 21.6 Å². The van der Waals surface area contributed by atoms with Crippen LogP contribution < -0.4 is 0 Å². The normalized spacial score (nSPS) is 13.4. The number of hydrogen-bond donors (Lipinski definition) is 0. The third kappa shape index (κ3) is 5.10. The van der Waals surface area contributed by atoms with Gasteiger partial charge in [-0.1, -0.05) is 0 Å². The molecule has 0 radical (unpaired) electrons. The van der Waals surface area contributed by atoms with Gasteiger partial charge in [0.1, 0.15) is 6.61 Å². The maximum absolute atomic E-state index is 11.9. The fraction of sp³-hybridized carbons (Fsp3) is 1.00. The van der Waals surface area contributed by atoms with Crippen molar-refractivity contribution in [3.05, 3.63) is 0 Å². The van der Waals surface area contributed by atoms with E-state index in [-0.39, 0.29) is 13.2 Å². The highest BCUT2D eigenvalue weighted by Gasteiger charge is 2.47. The molecule has 0 rings (SSSR count). The van der Waals surface area contributed by atoms with E-state index in [1.54, 1.807) is 13.8 Å². The van der Waals surface area contributed by atoms with E-state index in [1.807, 2.05) is 0 Å². The molecule has 16 heavy (non-hydrogen) atoms. The van der Waals surface area contributed by atoms with Crippen LogP contribution in [-0.2, 0) is 23.8 Å². The molecule has 0 aliphatic rings. The van der Waals surface area contributed by atoms with Crippen molar-refractivity contribution in [2.75, 3.05) is 19.8 Å². The lowest BCUT2D eigenvalue weighted by Crippen LogP contribution is -2.31. The second-order valence-corrected chi connectivity index (χ2v) is 4.13. The average molecular weight is 266 g/mol. The van der Waals surface area contributed by atoms with Gasteiger partial charge in [-0.05, 0) is 13.8 Å². The molecule has 0 unspecified atom stereocenters. The first-order valence-electron chi connectivity index (χ1n) is 4.43. The molecular formula is C7H13F3O5S. The van der Waals surface area contributed by atoms with E-state index in [1.165, 1.54) is 0 Å². The second-order valence-electron chi connectivity index (χ2n) is 2.52. The standard InChI is InChI=1S/C7H13F3O5S/c1-3-13-6(14-4-2)5-15-16(11,12)7(8,9)10/h6H,3-5H2,1-2H3. The maximum Gasteiger partial charge on any atom is 0.523 e. The molecule has 0 saturated heterocycles. The van der Waals surface area contributed by atoms with E-state index in [9.17, 15) is 21.6 Å². The van der Waals surface area contributed by atoms with Crippen molar-refractivity contribution < 1.29 is 35.2 Å². The molecule has 0 aromatic rings. The second kappa shape index (κ2) is 6.38. The SMILES string of the molecule is CCOC(COS(=O)(=O)C(F)(F)F)OCC. The van der Waals surface area contributed by atoms with Crippen molar-refractivity contribution in [2.45, 2.75) is 25.6 Å². The van der Waals surface area contributed by atoms with Crippen molar-refractivity contribution in [1.82, 2.24) is 0 Å². The molecule has 0 spiro atoms. The number of alkyl halides is 3. The lowest BCUT2D eigenvalue weighted by molar-refractivity contribution is -0.154. The molecule has 9 heteroatoms. The fourth-order valence-corrected chi connectivity index (χ4v) is 1.15. The minimum Gasteiger partial charge on any atom is -0.350 e. The summed E-state index contributed by atoms with van der Waals surface area (Å²) in [6.45, 7) is 2.68. The fourth-order valence-electron chi connectivity index (χ4n) is 0.728. The van der Waals surface area contributed by atoms with Gasteiger partial charge in [0.15, 0.2) is 6.29 Å². The van der Waals surface area contributed by atoms with Crippen molar-refractivity contribution in [1.29, 1.82) is 0 Å². The first kappa shape index (κ1) is 15.6. The summed E-state index contributed by atoms with van der Waals surface area (Å²) in [6, 6.07) is 0. The van der Waals surface area contributed by atoms with Gasteiger partial charge in [-0.25, -0.2) is 0 Å². The molecule has 98 valence electrons. The minimum absolute atomic E-state index is 0.167. The number of ether oxygens (including phenoxy) is 2. The van der Waals surface area contributed by atoms with Gasteiger partial charge in [0.25, 0.3) is 0 Å². The molecule has 0 aromatic carbocycles. The van der Waals surface area contributed by atoms with E-state index in [4.69, 9.17) is 9.47 Å². The van der Waals surface area contributed by atoms with E-state index in [2.05, 4.69) is 4.18 Å². The Bertz CT molecular complexity index is 281. The summed E-state index contributed by atoms with van der Waals surface area (Å²) in [5.41, 5.74) is -5.43. The lowest BCUT2D eigenvalue weighted by Gasteiger charge is -2.17. The molecule has 0 saturated carbocycles. The molecule has 0 fully saturated rings.